The Kier molecular flexibility index (Phi) is 3.43. The third kappa shape index (κ3) is 2.09. The quantitative estimate of drug-likeness (QED) is 0.894. The van der Waals surface area contributed by atoms with Gasteiger partial charge in [-0.2, -0.15) is 0 Å². The first kappa shape index (κ1) is 13.6. The zero-order valence-corrected chi connectivity index (χ0v) is 12.6. The van der Waals surface area contributed by atoms with Gasteiger partial charge in [-0.1, -0.05) is 25.0 Å². The molecule has 3 heteroatoms. The second-order valence-corrected chi connectivity index (χ2v) is 6.98. The monoisotopic (exact) mass is 287 g/mol. The first-order chi connectivity index (χ1) is 10.3. The molecule has 0 radical (unpaired) electrons. The van der Waals surface area contributed by atoms with Crippen LogP contribution in [0.2, 0.25) is 0 Å². The summed E-state index contributed by atoms with van der Waals surface area (Å²) in [6.45, 7) is 1.17. The van der Waals surface area contributed by atoms with Crippen LogP contribution in [0.15, 0.2) is 24.3 Å². The van der Waals surface area contributed by atoms with Gasteiger partial charge in [0.2, 0.25) is 0 Å². The summed E-state index contributed by atoms with van der Waals surface area (Å²) in [6.07, 6.45) is 7.86. The average molecular weight is 287 g/mol. The lowest BCUT2D eigenvalue weighted by Crippen LogP contribution is -2.64. The number of hydrogen-bond acceptors (Lipinski definition) is 3. The van der Waals surface area contributed by atoms with E-state index in [9.17, 15) is 0 Å². The third-order valence-corrected chi connectivity index (χ3v) is 5.96. The molecule has 1 saturated heterocycles. The van der Waals surface area contributed by atoms with E-state index in [1.165, 1.54) is 43.4 Å². The van der Waals surface area contributed by atoms with Gasteiger partial charge in [0.15, 0.2) is 0 Å². The second-order valence-electron chi connectivity index (χ2n) is 6.98. The van der Waals surface area contributed by atoms with Crippen LogP contribution in [0.25, 0.3) is 0 Å². The summed E-state index contributed by atoms with van der Waals surface area (Å²) in [7, 11) is 0. The largest absolute Gasteiger partial charge is 0.396 e. The highest BCUT2D eigenvalue weighted by molar-refractivity contribution is 5.47. The van der Waals surface area contributed by atoms with Crippen molar-refractivity contribution in [1.82, 2.24) is 0 Å². The third-order valence-electron chi connectivity index (χ3n) is 5.96. The molecule has 1 aromatic rings. The summed E-state index contributed by atoms with van der Waals surface area (Å²) in [5.41, 5.74) is 2.83. The van der Waals surface area contributed by atoms with Gasteiger partial charge < -0.3 is 15.2 Å². The lowest BCUT2D eigenvalue weighted by atomic mass is 9.54. The van der Waals surface area contributed by atoms with Crippen LogP contribution in [0.3, 0.4) is 0 Å². The van der Waals surface area contributed by atoms with Crippen molar-refractivity contribution in [2.24, 2.45) is 11.3 Å². The molecule has 1 spiro atoms. The lowest BCUT2D eigenvalue weighted by Gasteiger charge is -2.57. The molecule has 0 bridgehead atoms. The minimum absolute atomic E-state index is 0.222. The maximum atomic E-state index is 8.99. The molecular weight excluding hydrogens is 262 g/mol. The van der Waals surface area contributed by atoms with Gasteiger partial charge in [-0.3, -0.25) is 0 Å². The van der Waals surface area contributed by atoms with Crippen LogP contribution in [0, 0.1) is 11.3 Å². The molecule has 3 aliphatic rings. The molecule has 3 atom stereocenters. The van der Waals surface area contributed by atoms with Crippen LogP contribution in [0.1, 0.15) is 37.7 Å². The standard InChI is InChI=1S/C18H25NO2/c20-11-7-13-3-5-14(6-4-13)19-16-15-8-12-21-17(15)18(16)9-1-2-10-18/h3-6,15-17,19-20H,1-2,7-12H2. The van der Waals surface area contributed by atoms with Crippen LogP contribution < -0.4 is 5.32 Å². The number of nitrogens with one attached hydrogen (secondary N) is 1. The first-order valence-corrected chi connectivity index (χ1v) is 8.41. The molecule has 114 valence electrons. The predicted molar refractivity (Wildman–Crippen MR) is 83.4 cm³/mol. The molecule has 21 heavy (non-hydrogen) atoms. The molecule has 2 aliphatic carbocycles. The van der Waals surface area contributed by atoms with E-state index in [1.807, 2.05) is 0 Å². The summed E-state index contributed by atoms with van der Waals surface area (Å²) < 4.78 is 6.04. The van der Waals surface area contributed by atoms with Crippen molar-refractivity contribution in [3.05, 3.63) is 29.8 Å². The number of aliphatic hydroxyl groups is 1. The van der Waals surface area contributed by atoms with Crippen LogP contribution in [-0.2, 0) is 11.2 Å². The summed E-state index contributed by atoms with van der Waals surface area (Å²) in [6, 6.07) is 9.17. The highest BCUT2D eigenvalue weighted by Gasteiger charge is 2.64. The van der Waals surface area contributed by atoms with Crippen molar-refractivity contribution in [2.45, 2.75) is 50.7 Å². The molecule has 0 aromatic heterocycles. The molecule has 3 nitrogen and oxygen atoms in total. The summed E-state index contributed by atoms with van der Waals surface area (Å²) in [5, 5.41) is 12.8. The number of ether oxygens (including phenoxy) is 1. The summed E-state index contributed by atoms with van der Waals surface area (Å²) in [5.74, 6) is 0.709. The Morgan fingerprint density at radius 1 is 1.19 bits per heavy atom. The second kappa shape index (κ2) is 5.29. The Morgan fingerprint density at radius 3 is 2.67 bits per heavy atom. The van der Waals surface area contributed by atoms with Crippen molar-refractivity contribution in [3.63, 3.8) is 0 Å². The van der Waals surface area contributed by atoms with Crippen molar-refractivity contribution >= 4 is 5.69 Å². The topological polar surface area (TPSA) is 41.5 Å². The molecule has 2 saturated carbocycles. The highest BCUT2D eigenvalue weighted by atomic mass is 16.5. The molecule has 1 heterocycles. The van der Waals surface area contributed by atoms with E-state index in [4.69, 9.17) is 9.84 Å². The van der Waals surface area contributed by atoms with Crippen molar-refractivity contribution in [3.8, 4) is 0 Å². The first-order valence-electron chi connectivity index (χ1n) is 8.41. The van der Waals surface area contributed by atoms with Gasteiger partial charge in [0.1, 0.15) is 0 Å². The number of benzene rings is 1. The Bertz CT molecular complexity index is 492. The van der Waals surface area contributed by atoms with Crippen molar-refractivity contribution in [1.29, 1.82) is 0 Å². The van der Waals surface area contributed by atoms with Gasteiger partial charge in [-0.05, 0) is 43.4 Å². The van der Waals surface area contributed by atoms with E-state index in [2.05, 4.69) is 29.6 Å². The number of aliphatic hydroxyl groups excluding tert-OH is 1. The van der Waals surface area contributed by atoms with Crippen LogP contribution in [0.5, 0.6) is 0 Å². The molecule has 1 aliphatic heterocycles. The zero-order valence-electron chi connectivity index (χ0n) is 12.6. The van der Waals surface area contributed by atoms with Gasteiger partial charge in [0, 0.05) is 36.3 Å². The fourth-order valence-electron chi connectivity index (χ4n) is 4.98. The van der Waals surface area contributed by atoms with Gasteiger partial charge in [0.25, 0.3) is 0 Å². The Balaban J connectivity index is 1.50. The molecule has 3 unspecified atom stereocenters. The summed E-state index contributed by atoms with van der Waals surface area (Å²) >= 11 is 0. The smallest absolute Gasteiger partial charge is 0.0699 e. The molecule has 3 fully saturated rings. The van der Waals surface area contributed by atoms with E-state index in [1.54, 1.807) is 0 Å². The Morgan fingerprint density at radius 2 is 1.95 bits per heavy atom. The Labute approximate surface area is 126 Å². The molecular formula is C18H25NO2. The maximum Gasteiger partial charge on any atom is 0.0699 e. The van der Waals surface area contributed by atoms with E-state index >= 15 is 0 Å². The fourth-order valence-corrected chi connectivity index (χ4v) is 4.98. The normalized spacial score (nSPS) is 32.9. The molecule has 4 rings (SSSR count). The number of rotatable bonds is 4. The lowest BCUT2D eigenvalue weighted by molar-refractivity contribution is -0.111. The van der Waals surface area contributed by atoms with Crippen LogP contribution in [-0.4, -0.2) is 30.5 Å². The molecule has 1 aromatic carbocycles. The van der Waals surface area contributed by atoms with E-state index in [0.717, 1.165) is 13.0 Å². The van der Waals surface area contributed by atoms with Crippen LogP contribution >= 0.6 is 0 Å². The fraction of sp³-hybridized carbons (Fsp3) is 0.667. The maximum absolute atomic E-state index is 8.99. The van der Waals surface area contributed by atoms with Crippen molar-refractivity contribution < 1.29 is 9.84 Å². The Hall–Kier alpha value is -1.06. The van der Waals surface area contributed by atoms with E-state index in [0.29, 0.717) is 23.5 Å². The zero-order chi connectivity index (χ0) is 14.3. The minimum Gasteiger partial charge on any atom is -0.396 e. The van der Waals surface area contributed by atoms with Gasteiger partial charge in [0.05, 0.1) is 6.10 Å². The number of hydrogen-bond donors (Lipinski definition) is 2. The minimum atomic E-state index is 0.222. The predicted octanol–water partition coefficient (Wildman–Crippen LogP) is 2.98. The van der Waals surface area contributed by atoms with Gasteiger partial charge >= 0.3 is 0 Å². The van der Waals surface area contributed by atoms with Gasteiger partial charge in [-0.15, -0.1) is 0 Å². The van der Waals surface area contributed by atoms with Gasteiger partial charge in [-0.25, -0.2) is 0 Å². The SMILES string of the molecule is OCCc1ccc(NC2C3CCOC3C23CCCC3)cc1. The van der Waals surface area contributed by atoms with Crippen molar-refractivity contribution in [2.75, 3.05) is 18.5 Å². The average Bonchev–Trinajstić information content (AvgIpc) is 3.15. The highest BCUT2D eigenvalue weighted by Crippen LogP contribution is 2.61. The molecule has 2 N–H and O–H groups in total. The number of fused-ring (bicyclic) bond motifs is 2. The number of anilines is 1. The molecule has 0 amide bonds. The van der Waals surface area contributed by atoms with E-state index in [-0.39, 0.29) is 6.61 Å². The van der Waals surface area contributed by atoms with E-state index < -0.39 is 0 Å². The van der Waals surface area contributed by atoms with Crippen LogP contribution in [0.4, 0.5) is 5.69 Å². The summed E-state index contributed by atoms with van der Waals surface area (Å²) in [4.78, 5) is 0.